The van der Waals surface area contributed by atoms with Crippen molar-refractivity contribution in [3.8, 4) is 28.4 Å². The van der Waals surface area contributed by atoms with E-state index in [1.165, 1.54) is 6.07 Å². The van der Waals surface area contributed by atoms with E-state index in [1.54, 1.807) is 50.4 Å². The van der Waals surface area contributed by atoms with Crippen LogP contribution in [0, 0.1) is 0 Å². The van der Waals surface area contributed by atoms with Gasteiger partial charge in [-0.25, -0.2) is 4.98 Å². The van der Waals surface area contributed by atoms with Crippen LogP contribution in [0.1, 0.15) is 58.4 Å². The van der Waals surface area contributed by atoms with E-state index in [0.29, 0.717) is 48.8 Å². The Bertz CT molecular complexity index is 2180. The number of nitrogens with zero attached hydrogens (tertiary/aromatic N) is 4. The van der Waals surface area contributed by atoms with Crippen LogP contribution in [0.4, 0.5) is 5.82 Å². The largest absolute Gasteiger partial charge is 0.496 e. The second kappa shape index (κ2) is 17.7. The Hall–Kier alpha value is -6.29. The second-order valence-electron chi connectivity index (χ2n) is 13.2. The normalized spacial score (nSPS) is 15.0. The number of unbranched alkanes of at least 4 members (excludes halogenated alkanes) is 2. The highest BCUT2D eigenvalue weighted by atomic mass is 16.5. The first kappa shape index (κ1) is 39.9. The lowest BCUT2D eigenvalue weighted by Gasteiger charge is -2.27. The van der Waals surface area contributed by atoms with Crippen molar-refractivity contribution in [1.82, 2.24) is 24.7 Å². The van der Waals surface area contributed by atoms with E-state index >= 15 is 0 Å². The van der Waals surface area contributed by atoms with Crippen LogP contribution in [0.2, 0.25) is 0 Å². The molecular formula is C39H44N6O10. The monoisotopic (exact) mass is 756 g/mol. The zero-order valence-corrected chi connectivity index (χ0v) is 31.3. The molecule has 0 aliphatic carbocycles. The number of anilines is 1. The maximum atomic E-state index is 13.3. The lowest BCUT2D eigenvalue weighted by Crippen LogP contribution is -2.54. The number of imide groups is 2. The van der Waals surface area contributed by atoms with Gasteiger partial charge in [-0.3, -0.25) is 39.0 Å². The zero-order chi connectivity index (χ0) is 39.8. The number of pyridine rings is 2. The maximum Gasteiger partial charge on any atom is 0.290 e. The number of carbonyl (C=O) groups excluding carboxylic acids is 4. The van der Waals surface area contributed by atoms with E-state index in [0.717, 1.165) is 39.8 Å². The van der Waals surface area contributed by atoms with Crippen molar-refractivity contribution < 1.29 is 43.3 Å². The minimum atomic E-state index is -1.04. The number of rotatable bonds is 14. The molecule has 1 fully saturated rings. The first-order valence-electron chi connectivity index (χ1n) is 17.6. The fraction of sp³-hybridized carbons (Fsp3) is 0.359. The van der Waals surface area contributed by atoms with E-state index < -0.39 is 29.7 Å². The number of fused-ring (bicyclic) bond motifs is 2. The molecule has 16 nitrogen and oxygen atoms in total. The Morgan fingerprint density at radius 3 is 2.38 bits per heavy atom. The Labute approximate surface area is 317 Å². The third kappa shape index (κ3) is 8.59. The van der Waals surface area contributed by atoms with Crippen molar-refractivity contribution >= 4 is 46.7 Å². The maximum absolute atomic E-state index is 13.3. The number of carbonyl (C=O) groups is 5. The third-order valence-electron chi connectivity index (χ3n) is 9.26. The van der Waals surface area contributed by atoms with Crippen molar-refractivity contribution in [1.29, 1.82) is 0 Å². The van der Waals surface area contributed by atoms with Gasteiger partial charge in [0.05, 0.1) is 37.3 Å². The molecule has 0 radical (unpaired) electrons. The van der Waals surface area contributed by atoms with Gasteiger partial charge >= 0.3 is 0 Å². The highest BCUT2D eigenvalue weighted by Gasteiger charge is 2.46. The zero-order valence-electron chi connectivity index (χ0n) is 31.3. The molecule has 1 unspecified atom stereocenters. The van der Waals surface area contributed by atoms with E-state index in [-0.39, 0.29) is 41.7 Å². The molecule has 0 spiro atoms. The van der Waals surface area contributed by atoms with Crippen LogP contribution >= 0.6 is 0 Å². The number of benzene rings is 2. The fourth-order valence-corrected chi connectivity index (χ4v) is 6.71. The molecule has 4 heterocycles. The van der Waals surface area contributed by atoms with Gasteiger partial charge < -0.3 is 34.1 Å². The summed E-state index contributed by atoms with van der Waals surface area (Å²) in [5.41, 5.74) is 2.73. The Morgan fingerprint density at radius 1 is 0.945 bits per heavy atom. The molecule has 1 saturated heterocycles. The van der Waals surface area contributed by atoms with Gasteiger partial charge in [0.2, 0.25) is 11.8 Å². The lowest BCUT2D eigenvalue weighted by molar-refractivity contribution is -0.136. The minimum Gasteiger partial charge on any atom is -0.496 e. The molecule has 4 aromatic rings. The molecule has 6 rings (SSSR count). The Kier molecular flexibility index (Phi) is 12.8. The van der Waals surface area contributed by atoms with Gasteiger partial charge in [-0.15, -0.1) is 0 Å². The first-order valence-corrected chi connectivity index (χ1v) is 17.6. The van der Waals surface area contributed by atoms with E-state index in [2.05, 4.69) is 20.5 Å². The summed E-state index contributed by atoms with van der Waals surface area (Å²) in [6, 6.07) is 9.56. The molecule has 2 aromatic heterocycles. The summed E-state index contributed by atoms with van der Waals surface area (Å²) in [4.78, 5) is 79.4. The molecule has 2 aromatic carbocycles. The number of amides is 4. The van der Waals surface area contributed by atoms with Gasteiger partial charge in [-0.1, -0.05) is 6.07 Å². The number of methoxy groups -OCH3 is 2. The van der Waals surface area contributed by atoms with Crippen molar-refractivity contribution in [3.05, 3.63) is 75.8 Å². The smallest absolute Gasteiger partial charge is 0.290 e. The molecule has 0 bridgehead atoms. The predicted molar refractivity (Wildman–Crippen MR) is 203 cm³/mol. The van der Waals surface area contributed by atoms with Crippen molar-refractivity contribution in [2.24, 2.45) is 7.05 Å². The topological polar surface area (TPSA) is 199 Å². The number of piperidine rings is 1. The second-order valence-corrected chi connectivity index (χ2v) is 13.2. The fourth-order valence-electron chi connectivity index (χ4n) is 6.71. The van der Waals surface area contributed by atoms with Gasteiger partial charge in [-0.2, -0.15) is 0 Å². The first-order chi connectivity index (χ1) is 26.4. The predicted octanol–water partition coefficient (Wildman–Crippen LogP) is 3.44. The van der Waals surface area contributed by atoms with Gasteiger partial charge in [0.25, 0.3) is 23.8 Å². The quantitative estimate of drug-likeness (QED) is 0.0962. The number of aromatic nitrogens is 2. The van der Waals surface area contributed by atoms with Crippen LogP contribution in [0.25, 0.3) is 21.9 Å². The highest BCUT2D eigenvalue weighted by molar-refractivity contribution is 6.24. The molecule has 16 heteroatoms. The van der Waals surface area contributed by atoms with Crippen LogP contribution in [0.15, 0.2) is 53.6 Å². The molecule has 2 aliphatic heterocycles. The number of ether oxygens (including phenoxy) is 3. The molecule has 55 heavy (non-hydrogen) atoms. The number of aryl methyl sites for hydroxylation is 1. The van der Waals surface area contributed by atoms with Crippen molar-refractivity contribution in [2.45, 2.75) is 44.7 Å². The number of hydrogen-bond acceptors (Lipinski definition) is 12. The highest BCUT2D eigenvalue weighted by Crippen LogP contribution is 2.39. The molecule has 290 valence electrons. The van der Waals surface area contributed by atoms with Crippen LogP contribution < -0.4 is 30.4 Å². The Morgan fingerprint density at radius 2 is 1.69 bits per heavy atom. The summed E-state index contributed by atoms with van der Waals surface area (Å²) in [5, 5.41) is 13.7. The van der Waals surface area contributed by atoms with Crippen LogP contribution in [-0.2, 0) is 28.0 Å². The van der Waals surface area contributed by atoms with Gasteiger partial charge in [0.15, 0.2) is 0 Å². The van der Waals surface area contributed by atoms with E-state index in [1.807, 2.05) is 32.3 Å². The number of hydrogen-bond donors (Lipinski definition) is 3. The third-order valence-corrected chi connectivity index (χ3v) is 9.26. The molecule has 2 aliphatic rings. The number of nitrogens with one attached hydrogen (secondary N) is 2. The summed E-state index contributed by atoms with van der Waals surface area (Å²) >= 11 is 0. The summed E-state index contributed by atoms with van der Waals surface area (Å²) in [7, 11) is 8.94. The van der Waals surface area contributed by atoms with Crippen LogP contribution in [-0.4, -0.2) is 102 Å². The van der Waals surface area contributed by atoms with Crippen LogP contribution in [0.3, 0.4) is 0 Å². The van der Waals surface area contributed by atoms with Gasteiger partial charge in [0, 0.05) is 61.0 Å². The van der Waals surface area contributed by atoms with E-state index in [9.17, 15) is 24.0 Å². The average molecular weight is 757 g/mol. The Balaban J connectivity index is 0.00000187. The molecule has 0 saturated carbocycles. The van der Waals surface area contributed by atoms with Crippen LogP contribution in [0.5, 0.6) is 17.2 Å². The number of carboxylic acid groups (broad SMARTS) is 1. The van der Waals surface area contributed by atoms with E-state index in [4.69, 9.17) is 24.1 Å². The lowest BCUT2D eigenvalue weighted by atomic mass is 9.98. The molecular weight excluding hydrogens is 712 g/mol. The summed E-state index contributed by atoms with van der Waals surface area (Å²) in [6.07, 6.45) is 5.80. The summed E-state index contributed by atoms with van der Waals surface area (Å²) in [5.74, 6) is 0.0332. The van der Waals surface area contributed by atoms with Crippen molar-refractivity contribution in [2.75, 3.05) is 46.8 Å². The molecule has 1 atom stereocenters. The molecule has 3 N–H and O–H groups in total. The van der Waals surface area contributed by atoms with Crippen molar-refractivity contribution in [3.63, 3.8) is 0 Å². The standard InChI is InChI=1S/C38H42N6O8.CH2O2/c1-42(2)20-22-16-31(51-5)25(17-30(22)50-4)27-21-43(3)36(47)26-19-40-32(18-24(26)27)39-14-7-6-8-15-52-29-11-9-10-23-34(29)38(49)44(37(23)48)28-12-13-33(45)41-35(28)46;2-1-3/h9-11,16-19,21,28H,6-8,12-15,20H2,1-5H3,(H,39,40)(H,41,45,46);1H,(H,2,3). The summed E-state index contributed by atoms with van der Waals surface area (Å²) < 4.78 is 19.1. The summed E-state index contributed by atoms with van der Waals surface area (Å²) in [6.45, 7) is 1.34. The SMILES string of the molecule is COc1cc(-c2cn(C)c(=O)c3cnc(NCCCCCOc4cccc5c4C(=O)N(C4CCC(=O)NC4=O)C5=O)cc23)c(OC)cc1CN(C)C.O=CO. The molecule has 4 amide bonds. The average Bonchev–Trinajstić information content (AvgIpc) is 3.41. The van der Waals surface area contributed by atoms with Gasteiger partial charge in [-0.05, 0) is 70.1 Å². The minimum absolute atomic E-state index is 0.0523. The van der Waals surface area contributed by atoms with Gasteiger partial charge in [0.1, 0.15) is 29.1 Å².